The smallest absolute Gasteiger partial charge is 0.311 e. The average molecular weight is 398 g/mol. The van der Waals surface area contributed by atoms with E-state index in [9.17, 15) is 14.5 Å². The first-order valence-electron chi connectivity index (χ1n) is 7.68. The number of rotatable bonds is 5. The fourth-order valence-electron chi connectivity index (χ4n) is 2.87. The number of aromatic nitrogens is 3. The monoisotopic (exact) mass is 398 g/mol. The zero-order valence-electron chi connectivity index (χ0n) is 13.2. The Labute approximate surface area is 153 Å². The molecule has 1 aliphatic carbocycles. The number of thioether (sulfide) groups is 1. The van der Waals surface area contributed by atoms with Crippen LogP contribution in [0.2, 0.25) is 0 Å². The van der Waals surface area contributed by atoms with Gasteiger partial charge in [-0.1, -0.05) is 26.9 Å². The van der Waals surface area contributed by atoms with Crippen LogP contribution in [0.25, 0.3) is 10.3 Å². The van der Waals surface area contributed by atoms with Crippen LogP contribution in [0.5, 0.6) is 0 Å². The Morgan fingerprint density at radius 1 is 1.35 bits per heavy atom. The summed E-state index contributed by atoms with van der Waals surface area (Å²) in [6.45, 7) is 0. The van der Waals surface area contributed by atoms with Gasteiger partial charge in [0.25, 0.3) is 11.5 Å². The van der Waals surface area contributed by atoms with E-state index in [2.05, 4.69) is 20.5 Å². The summed E-state index contributed by atoms with van der Waals surface area (Å²) in [5, 5.41) is 9.77. The SMILES string of the molecule is NN=Nc1nc2c(sc(=O)n2[C@H]2CS[C@@H](C(N=O)C3CC3)O2)c(=O)n1N. The molecule has 1 aliphatic heterocycles. The zero-order chi connectivity index (χ0) is 18.4. The Hall–Kier alpha value is -2.32. The maximum absolute atomic E-state index is 12.4. The molecule has 2 aliphatic rings. The minimum atomic E-state index is -0.669. The van der Waals surface area contributed by atoms with Gasteiger partial charge in [-0.15, -0.1) is 11.8 Å². The van der Waals surface area contributed by atoms with Crippen LogP contribution < -0.4 is 22.1 Å². The molecule has 1 saturated carbocycles. The van der Waals surface area contributed by atoms with Crippen molar-refractivity contribution in [1.82, 2.24) is 14.2 Å². The first-order chi connectivity index (χ1) is 12.5. The molecule has 2 fully saturated rings. The van der Waals surface area contributed by atoms with Crippen LogP contribution in [0.1, 0.15) is 19.1 Å². The van der Waals surface area contributed by atoms with E-state index in [1.807, 2.05) is 0 Å². The molecular formula is C12H14N8O4S2. The van der Waals surface area contributed by atoms with Crippen molar-refractivity contribution >= 4 is 39.4 Å². The molecule has 2 aromatic heterocycles. The zero-order valence-corrected chi connectivity index (χ0v) is 14.9. The standard InChI is InChI=1S/C12H14N8O4S2/c13-18-16-11-15-8-7(9(21)20(11)14)26-12(22)19(8)5-3-25-10(24-5)6(17-23)4-1-2-4/h4-6,10H,1-3,14H2,(H2,13,15,16)/t5-,6?,10+/m1/s1. The van der Waals surface area contributed by atoms with Gasteiger partial charge in [0, 0.05) is 5.75 Å². The topological polar surface area (TPSA) is 172 Å². The Bertz CT molecular complexity index is 1010. The number of ether oxygens (including phenoxy) is 1. The summed E-state index contributed by atoms with van der Waals surface area (Å²) in [5.74, 6) is 11.0. The molecular weight excluding hydrogens is 384 g/mol. The van der Waals surface area contributed by atoms with E-state index < -0.39 is 28.1 Å². The first kappa shape index (κ1) is 17.1. The Morgan fingerprint density at radius 2 is 2.12 bits per heavy atom. The number of nitrogen functional groups attached to an aromatic ring is 1. The predicted molar refractivity (Wildman–Crippen MR) is 95.7 cm³/mol. The van der Waals surface area contributed by atoms with Crippen molar-refractivity contribution in [3.8, 4) is 0 Å². The molecule has 1 saturated heterocycles. The molecule has 2 aromatic rings. The first-order valence-corrected chi connectivity index (χ1v) is 9.55. The Morgan fingerprint density at radius 3 is 2.77 bits per heavy atom. The second-order valence-corrected chi connectivity index (χ2v) is 8.01. The molecule has 0 radical (unpaired) electrons. The third-order valence-corrected chi connectivity index (χ3v) is 6.42. The van der Waals surface area contributed by atoms with Gasteiger partial charge >= 0.3 is 4.87 Å². The summed E-state index contributed by atoms with van der Waals surface area (Å²) in [6, 6.07) is -0.443. The molecule has 3 atom stereocenters. The van der Waals surface area contributed by atoms with E-state index in [1.165, 1.54) is 16.3 Å². The van der Waals surface area contributed by atoms with Crippen LogP contribution in [0.3, 0.4) is 0 Å². The number of nitrogens with zero attached hydrogens (tertiary/aromatic N) is 6. The summed E-state index contributed by atoms with van der Waals surface area (Å²) in [4.78, 5) is 39.6. The van der Waals surface area contributed by atoms with E-state index in [0.717, 1.165) is 24.2 Å². The van der Waals surface area contributed by atoms with Gasteiger partial charge in [0.1, 0.15) is 22.4 Å². The predicted octanol–water partition coefficient (Wildman–Crippen LogP) is 0.424. The maximum Gasteiger partial charge on any atom is 0.311 e. The molecule has 0 spiro atoms. The molecule has 26 heavy (non-hydrogen) atoms. The fourth-order valence-corrected chi connectivity index (χ4v) is 5.02. The average Bonchev–Trinajstić information content (AvgIpc) is 3.24. The summed E-state index contributed by atoms with van der Waals surface area (Å²) >= 11 is 2.14. The minimum absolute atomic E-state index is 0.0813. The van der Waals surface area contributed by atoms with Crippen molar-refractivity contribution in [2.45, 2.75) is 30.5 Å². The highest BCUT2D eigenvalue weighted by Crippen LogP contribution is 2.44. The number of nitroso groups, excluding NO2 is 1. The van der Waals surface area contributed by atoms with Gasteiger partial charge in [-0.2, -0.15) is 14.6 Å². The number of hydrogen-bond donors (Lipinski definition) is 2. The molecule has 4 rings (SSSR count). The van der Waals surface area contributed by atoms with Crippen molar-refractivity contribution < 1.29 is 4.74 Å². The summed E-state index contributed by atoms with van der Waals surface area (Å²) in [7, 11) is 0. The third-order valence-electron chi connectivity index (χ3n) is 4.29. The van der Waals surface area contributed by atoms with E-state index in [1.54, 1.807) is 0 Å². The summed E-state index contributed by atoms with van der Waals surface area (Å²) < 4.78 is 7.93. The highest BCUT2D eigenvalue weighted by molar-refractivity contribution is 8.00. The molecule has 0 aromatic carbocycles. The largest absolute Gasteiger partial charge is 0.341 e. The van der Waals surface area contributed by atoms with Crippen LogP contribution in [0.4, 0.5) is 5.95 Å². The molecule has 138 valence electrons. The maximum atomic E-state index is 12.4. The van der Waals surface area contributed by atoms with Crippen LogP contribution in [0.15, 0.2) is 25.1 Å². The molecule has 14 heteroatoms. The lowest BCUT2D eigenvalue weighted by Gasteiger charge is -2.17. The minimum Gasteiger partial charge on any atom is -0.341 e. The molecule has 12 nitrogen and oxygen atoms in total. The lowest BCUT2D eigenvalue weighted by atomic mass is 10.2. The number of nitrogens with two attached hydrogens (primary N) is 2. The lowest BCUT2D eigenvalue weighted by Crippen LogP contribution is -2.29. The Balaban J connectivity index is 1.75. The lowest BCUT2D eigenvalue weighted by molar-refractivity contribution is 0.00737. The van der Waals surface area contributed by atoms with Crippen LogP contribution in [-0.4, -0.2) is 31.5 Å². The molecule has 1 unspecified atom stereocenters. The van der Waals surface area contributed by atoms with Gasteiger partial charge in [-0.05, 0) is 18.8 Å². The van der Waals surface area contributed by atoms with E-state index >= 15 is 0 Å². The van der Waals surface area contributed by atoms with Gasteiger partial charge in [-0.25, -0.2) is 0 Å². The molecule has 0 amide bonds. The molecule has 3 heterocycles. The summed E-state index contributed by atoms with van der Waals surface area (Å²) in [5.41, 5.74) is -0.960. The second kappa shape index (κ2) is 6.44. The third kappa shape index (κ3) is 2.69. The molecule has 0 bridgehead atoms. The van der Waals surface area contributed by atoms with Gasteiger partial charge in [0.15, 0.2) is 5.65 Å². The van der Waals surface area contributed by atoms with Crippen molar-refractivity contribution in [2.75, 3.05) is 11.6 Å². The van der Waals surface area contributed by atoms with E-state index in [0.29, 0.717) is 10.4 Å². The Kier molecular flexibility index (Phi) is 4.24. The van der Waals surface area contributed by atoms with Gasteiger partial charge in [0.2, 0.25) is 0 Å². The van der Waals surface area contributed by atoms with E-state index in [4.69, 9.17) is 16.4 Å². The second-order valence-electron chi connectivity index (χ2n) is 5.92. The number of fused-ring (bicyclic) bond motifs is 1. The molecule has 4 N–H and O–H groups in total. The van der Waals surface area contributed by atoms with Crippen molar-refractivity contribution in [3.63, 3.8) is 0 Å². The van der Waals surface area contributed by atoms with Crippen molar-refractivity contribution in [2.24, 2.45) is 27.3 Å². The van der Waals surface area contributed by atoms with Crippen LogP contribution >= 0.6 is 23.1 Å². The fraction of sp³-hybridized carbons (Fsp3) is 0.583. The summed E-state index contributed by atoms with van der Waals surface area (Å²) in [6.07, 6.45) is 1.24. The van der Waals surface area contributed by atoms with Crippen molar-refractivity contribution in [1.29, 1.82) is 0 Å². The van der Waals surface area contributed by atoms with Gasteiger partial charge < -0.3 is 16.4 Å². The number of hydrogen-bond acceptors (Lipinski definition) is 11. The van der Waals surface area contributed by atoms with Crippen molar-refractivity contribution in [3.05, 3.63) is 24.9 Å². The number of thiazole rings is 1. The van der Waals surface area contributed by atoms with Gasteiger partial charge in [0.05, 0.1) is 0 Å². The quantitative estimate of drug-likeness (QED) is 0.315. The highest BCUT2D eigenvalue weighted by atomic mass is 32.2. The van der Waals surface area contributed by atoms with E-state index in [-0.39, 0.29) is 22.2 Å². The van der Waals surface area contributed by atoms with Crippen LogP contribution in [-0.2, 0) is 4.74 Å². The van der Waals surface area contributed by atoms with Gasteiger partial charge in [-0.3, -0.25) is 14.2 Å². The normalized spacial score (nSPS) is 24.5. The van der Waals surface area contributed by atoms with Crippen LogP contribution in [0, 0.1) is 10.8 Å². The highest BCUT2D eigenvalue weighted by Gasteiger charge is 2.43.